The van der Waals surface area contributed by atoms with E-state index in [0.717, 1.165) is 43.1 Å². The number of hydrogen-bond acceptors (Lipinski definition) is 4. The van der Waals surface area contributed by atoms with Gasteiger partial charge in [0.25, 0.3) is 0 Å². The van der Waals surface area contributed by atoms with Crippen molar-refractivity contribution in [3.8, 4) is 11.5 Å². The van der Waals surface area contributed by atoms with Crippen molar-refractivity contribution in [3.05, 3.63) is 72.3 Å². The molecule has 0 bridgehead atoms. The van der Waals surface area contributed by atoms with Gasteiger partial charge in [-0.25, -0.2) is 0 Å². The van der Waals surface area contributed by atoms with E-state index in [-0.39, 0.29) is 5.91 Å². The van der Waals surface area contributed by atoms with Crippen LogP contribution in [0.3, 0.4) is 0 Å². The van der Waals surface area contributed by atoms with Gasteiger partial charge in [0.1, 0.15) is 18.1 Å². The summed E-state index contributed by atoms with van der Waals surface area (Å²) >= 11 is 0. The van der Waals surface area contributed by atoms with Gasteiger partial charge in [-0.05, 0) is 55.5 Å². The molecule has 0 saturated carbocycles. The van der Waals surface area contributed by atoms with Gasteiger partial charge in [0.2, 0.25) is 5.91 Å². The molecular formula is C26H34N2O3. The number of amides is 1. The van der Waals surface area contributed by atoms with Gasteiger partial charge < -0.3 is 14.8 Å². The molecule has 1 N–H and O–H groups in total. The first-order chi connectivity index (χ1) is 15.2. The summed E-state index contributed by atoms with van der Waals surface area (Å²) in [4.78, 5) is 14.8. The Kier molecular flexibility index (Phi) is 8.98. The molecule has 31 heavy (non-hydrogen) atoms. The number of benzene rings is 2. The van der Waals surface area contributed by atoms with E-state index < -0.39 is 0 Å². The lowest BCUT2D eigenvalue weighted by molar-refractivity contribution is -0.121. The number of likely N-dealkylation sites (tertiary alicyclic amines) is 1. The van der Waals surface area contributed by atoms with Crippen molar-refractivity contribution in [2.24, 2.45) is 5.92 Å². The molecule has 1 saturated heterocycles. The highest BCUT2D eigenvalue weighted by atomic mass is 16.5. The molecule has 2 aromatic rings. The molecule has 0 aromatic heterocycles. The van der Waals surface area contributed by atoms with Crippen LogP contribution in [0.15, 0.2) is 61.2 Å². The predicted octanol–water partition coefficient (Wildman–Crippen LogP) is 4.57. The van der Waals surface area contributed by atoms with Crippen LogP contribution in [0.5, 0.6) is 11.5 Å². The number of hydrogen-bond donors (Lipinski definition) is 1. The number of piperidine rings is 1. The number of nitrogens with zero attached hydrogens (tertiary/aromatic N) is 1. The maximum absolute atomic E-state index is 12.4. The zero-order valence-corrected chi connectivity index (χ0v) is 18.5. The van der Waals surface area contributed by atoms with Gasteiger partial charge in [0.15, 0.2) is 0 Å². The van der Waals surface area contributed by atoms with Gasteiger partial charge in [-0.15, -0.1) is 0 Å². The average Bonchev–Trinajstić information content (AvgIpc) is 2.81. The monoisotopic (exact) mass is 422 g/mol. The quantitative estimate of drug-likeness (QED) is 0.539. The first kappa shape index (κ1) is 22.9. The van der Waals surface area contributed by atoms with Crippen LogP contribution >= 0.6 is 0 Å². The van der Waals surface area contributed by atoms with E-state index >= 15 is 0 Å². The second-order valence-corrected chi connectivity index (χ2v) is 8.12. The van der Waals surface area contributed by atoms with Crippen LogP contribution in [0.1, 0.15) is 36.8 Å². The summed E-state index contributed by atoms with van der Waals surface area (Å²) in [5.41, 5.74) is 2.26. The molecule has 1 heterocycles. The van der Waals surface area contributed by atoms with Crippen LogP contribution in [0.4, 0.5) is 0 Å². The zero-order valence-electron chi connectivity index (χ0n) is 18.5. The minimum atomic E-state index is 0.114. The molecule has 0 radical (unpaired) electrons. The van der Waals surface area contributed by atoms with Crippen LogP contribution in [-0.2, 0) is 17.9 Å². The molecule has 166 valence electrons. The van der Waals surface area contributed by atoms with Gasteiger partial charge in [-0.2, -0.15) is 0 Å². The third-order valence-electron chi connectivity index (χ3n) is 5.73. The molecule has 2 aromatic carbocycles. The standard InChI is InChI=1S/C26H34N2O3/c1-3-16-31-25-12-5-4-10-23(25)20-28-15-7-9-21(19-28)13-14-26(29)27-18-22-8-6-11-24(17-22)30-2/h3-6,8,10-12,17,21H,1,7,9,13-16,18-20H2,2H3,(H,27,29)/t21-/m1/s1. The van der Waals surface area contributed by atoms with Crippen molar-refractivity contribution in [2.75, 3.05) is 26.8 Å². The summed E-state index contributed by atoms with van der Waals surface area (Å²) in [6.45, 7) is 7.78. The lowest BCUT2D eigenvalue weighted by atomic mass is 9.93. The van der Waals surface area contributed by atoms with Crippen LogP contribution in [0.25, 0.3) is 0 Å². The third-order valence-corrected chi connectivity index (χ3v) is 5.73. The van der Waals surface area contributed by atoms with Crippen molar-refractivity contribution >= 4 is 5.91 Å². The maximum Gasteiger partial charge on any atom is 0.220 e. The van der Waals surface area contributed by atoms with E-state index in [2.05, 4.69) is 28.9 Å². The normalized spacial score (nSPS) is 16.5. The number of methoxy groups -OCH3 is 1. The summed E-state index contributed by atoms with van der Waals surface area (Å²) in [7, 11) is 1.65. The van der Waals surface area contributed by atoms with E-state index in [1.54, 1.807) is 13.2 Å². The number of ether oxygens (including phenoxy) is 2. The van der Waals surface area contributed by atoms with Gasteiger partial charge in [-0.3, -0.25) is 9.69 Å². The largest absolute Gasteiger partial charge is 0.497 e. The number of carbonyl (C=O) groups excluding carboxylic acids is 1. The zero-order chi connectivity index (χ0) is 21.9. The number of nitrogens with one attached hydrogen (secondary N) is 1. The highest BCUT2D eigenvalue weighted by molar-refractivity contribution is 5.75. The molecule has 3 rings (SSSR count). The average molecular weight is 423 g/mol. The van der Waals surface area contributed by atoms with E-state index in [1.807, 2.05) is 36.4 Å². The topological polar surface area (TPSA) is 50.8 Å². The first-order valence-electron chi connectivity index (χ1n) is 11.1. The van der Waals surface area contributed by atoms with E-state index in [9.17, 15) is 4.79 Å². The third kappa shape index (κ3) is 7.44. The van der Waals surface area contributed by atoms with Crippen molar-refractivity contribution in [1.29, 1.82) is 0 Å². The molecule has 0 aliphatic carbocycles. The van der Waals surface area contributed by atoms with Crippen molar-refractivity contribution < 1.29 is 14.3 Å². The SMILES string of the molecule is C=CCOc1ccccc1CN1CCC[C@H](CCC(=O)NCc2cccc(OC)c2)C1. The second-order valence-electron chi connectivity index (χ2n) is 8.12. The smallest absolute Gasteiger partial charge is 0.220 e. The highest BCUT2D eigenvalue weighted by Crippen LogP contribution is 2.25. The Labute approximate surface area is 186 Å². The van der Waals surface area contributed by atoms with E-state index in [1.165, 1.54) is 18.4 Å². The van der Waals surface area contributed by atoms with Gasteiger partial charge in [0, 0.05) is 31.6 Å². The second kappa shape index (κ2) is 12.2. The number of carbonyl (C=O) groups is 1. The predicted molar refractivity (Wildman–Crippen MR) is 124 cm³/mol. The first-order valence-corrected chi connectivity index (χ1v) is 11.1. The van der Waals surface area contributed by atoms with E-state index in [0.29, 0.717) is 25.5 Å². The Bertz CT molecular complexity index is 852. The minimum Gasteiger partial charge on any atom is -0.497 e. The summed E-state index contributed by atoms with van der Waals surface area (Å²) in [6, 6.07) is 16.0. The van der Waals surface area contributed by atoms with Crippen molar-refractivity contribution in [1.82, 2.24) is 10.2 Å². The fourth-order valence-corrected chi connectivity index (χ4v) is 4.10. The van der Waals surface area contributed by atoms with Crippen molar-refractivity contribution in [2.45, 2.75) is 38.8 Å². The Morgan fingerprint density at radius 1 is 1.26 bits per heavy atom. The molecule has 0 unspecified atom stereocenters. The molecule has 1 aliphatic rings. The number of para-hydroxylation sites is 1. The summed E-state index contributed by atoms with van der Waals surface area (Å²) in [5.74, 6) is 2.41. The molecule has 1 fully saturated rings. The molecule has 5 nitrogen and oxygen atoms in total. The van der Waals surface area contributed by atoms with Crippen LogP contribution in [0, 0.1) is 5.92 Å². The summed E-state index contributed by atoms with van der Waals surface area (Å²) in [5, 5.41) is 3.04. The molecule has 1 aliphatic heterocycles. The Hall–Kier alpha value is -2.79. The van der Waals surface area contributed by atoms with Crippen LogP contribution in [-0.4, -0.2) is 37.6 Å². The summed E-state index contributed by atoms with van der Waals surface area (Å²) in [6.07, 6.45) is 5.63. The van der Waals surface area contributed by atoms with Crippen LogP contribution < -0.4 is 14.8 Å². The highest BCUT2D eigenvalue weighted by Gasteiger charge is 2.21. The Morgan fingerprint density at radius 2 is 2.13 bits per heavy atom. The van der Waals surface area contributed by atoms with E-state index in [4.69, 9.17) is 9.47 Å². The summed E-state index contributed by atoms with van der Waals surface area (Å²) < 4.78 is 11.0. The van der Waals surface area contributed by atoms with Gasteiger partial charge in [-0.1, -0.05) is 43.0 Å². The molecular weight excluding hydrogens is 388 g/mol. The number of rotatable bonds is 11. The fourth-order valence-electron chi connectivity index (χ4n) is 4.10. The minimum absolute atomic E-state index is 0.114. The molecule has 5 heteroatoms. The maximum atomic E-state index is 12.4. The Balaban J connectivity index is 1.43. The van der Waals surface area contributed by atoms with Crippen molar-refractivity contribution in [3.63, 3.8) is 0 Å². The molecule has 1 atom stereocenters. The lowest BCUT2D eigenvalue weighted by Gasteiger charge is -2.33. The lowest BCUT2D eigenvalue weighted by Crippen LogP contribution is -2.35. The molecule has 1 amide bonds. The van der Waals surface area contributed by atoms with Gasteiger partial charge in [0.05, 0.1) is 7.11 Å². The Morgan fingerprint density at radius 3 is 2.97 bits per heavy atom. The molecule has 0 spiro atoms. The van der Waals surface area contributed by atoms with Crippen LogP contribution in [0.2, 0.25) is 0 Å². The van der Waals surface area contributed by atoms with Gasteiger partial charge >= 0.3 is 0 Å². The fraction of sp³-hybridized carbons (Fsp3) is 0.423.